The molecule has 1 N–H and O–H groups in total. The van der Waals surface area contributed by atoms with E-state index in [1.807, 2.05) is 0 Å². The van der Waals surface area contributed by atoms with Gasteiger partial charge >= 0.3 is 6.18 Å². The summed E-state index contributed by atoms with van der Waals surface area (Å²) in [6.07, 6.45) is -4.41. The van der Waals surface area contributed by atoms with E-state index in [4.69, 9.17) is 34.8 Å². The van der Waals surface area contributed by atoms with Crippen LogP contribution >= 0.6 is 34.8 Å². The van der Waals surface area contributed by atoms with E-state index in [9.17, 15) is 13.2 Å². The molecule has 0 aromatic heterocycles. The van der Waals surface area contributed by atoms with E-state index < -0.39 is 11.7 Å². The summed E-state index contributed by atoms with van der Waals surface area (Å²) in [5.74, 6) is 0. The highest BCUT2D eigenvalue weighted by Gasteiger charge is 2.30. The molecule has 0 heterocycles. The molecular weight excluding hydrogens is 297 g/mol. The molecule has 7 heteroatoms. The molecule has 0 spiro atoms. The summed E-state index contributed by atoms with van der Waals surface area (Å²) in [7, 11) is 0. The fraction of sp³-hybridized carbons (Fsp3) is 0.200. The van der Waals surface area contributed by atoms with Crippen molar-refractivity contribution < 1.29 is 13.2 Å². The maximum absolute atomic E-state index is 12.4. The highest BCUT2D eigenvalue weighted by atomic mass is 35.5. The third-order valence-corrected chi connectivity index (χ3v) is 2.81. The van der Waals surface area contributed by atoms with E-state index in [0.717, 1.165) is 17.7 Å². The van der Waals surface area contributed by atoms with Gasteiger partial charge in [0, 0.05) is 10.6 Å². The SMILES string of the molecule is FC(F)(F)c1ccc(Cl)c(NCC(Cl)=CCl)c1. The second-order valence-corrected chi connectivity index (χ2v) is 4.21. The zero-order valence-corrected chi connectivity index (χ0v) is 10.6. The first-order chi connectivity index (χ1) is 7.84. The van der Waals surface area contributed by atoms with Crippen molar-refractivity contribution in [3.05, 3.63) is 39.4 Å². The topological polar surface area (TPSA) is 12.0 Å². The summed E-state index contributed by atoms with van der Waals surface area (Å²) in [5.41, 5.74) is 0.490. The van der Waals surface area contributed by atoms with Crippen molar-refractivity contribution in [2.75, 3.05) is 11.9 Å². The van der Waals surface area contributed by atoms with Gasteiger partial charge in [-0.05, 0) is 18.2 Å². The van der Waals surface area contributed by atoms with Gasteiger partial charge in [0.1, 0.15) is 0 Å². The Hall–Kier alpha value is -0.580. The molecule has 0 atom stereocenters. The van der Waals surface area contributed by atoms with Crippen molar-refractivity contribution in [2.45, 2.75) is 6.18 Å². The first-order valence-corrected chi connectivity index (χ1v) is 5.59. The Morgan fingerprint density at radius 3 is 2.53 bits per heavy atom. The van der Waals surface area contributed by atoms with Gasteiger partial charge in [-0.25, -0.2) is 0 Å². The zero-order valence-electron chi connectivity index (χ0n) is 8.28. The van der Waals surface area contributed by atoms with Crippen LogP contribution < -0.4 is 5.32 Å². The van der Waals surface area contributed by atoms with Gasteiger partial charge in [0.2, 0.25) is 0 Å². The normalized spacial score (nSPS) is 12.7. The van der Waals surface area contributed by atoms with E-state index in [0.29, 0.717) is 0 Å². The lowest BCUT2D eigenvalue weighted by atomic mass is 10.2. The summed E-state index contributed by atoms with van der Waals surface area (Å²) in [6.45, 7) is 0.103. The van der Waals surface area contributed by atoms with Crippen LogP contribution in [0.3, 0.4) is 0 Å². The Kier molecular flexibility index (Phi) is 4.98. The number of alkyl halides is 3. The highest BCUT2D eigenvalue weighted by Crippen LogP contribution is 2.33. The van der Waals surface area contributed by atoms with Crippen molar-refractivity contribution in [3.8, 4) is 0 Å². The van der Waals surface area contributed by atoms with Crippen LogP contribution in [0.1, 0.15) is 5.56 Å². The second kappa shape index (κ2) is 5.85. The molecular formula is C10H7Cl3F3N. The summed E-state index contributed by atoms with van der Waals surface area (Å²) < 4.78 is 37.3. The molecule has 0 aliphatic carbocycles. The van der Waals surface area contributed by atoms with Gasteiger partial charge in [0.05, 0.1) is 22.8 Å². The second-order valence-electron chi connectivity index (χ2n) is 3.10. The van der Waals surface area contributed by atoms with E-state index in [-0.39, 0.29) is 22.3 Å². The Balaban J connectivity index is 2.91. The molecule has 0 aliphatic rings. The maximum Gasteiger partial charge on any atom is 0.416 e. The fourth-order valence-electron chi connectivity index (χ4n) is 1.06. The Morgan fingerprint density at radius 1 is 1.35 bits per heavy atom. The minimum Gasteiger partial charge on any atom is -0.379 e. The van der Waals surface area contributed by atoms with Gasteiger partial charge in [0.25, 0.3) is 0 Å². The van der Waals surface area contributed by atoms with Crippen molar-refractivity contribution in [1.29, 1.82) is 0 Å². The van der Waals surface area contributed by atoms with Crippen LogP contribution in [0.4, 0.5) is 18.9 Å². The standard InChI is InChI=1S/C10H7Cl3F3N/c11-4-7(12)5-17-9-3-6(10(14,15)16)1-2-8(9)13/h1-4,17H,5H2. The highest BCUT2D eigenvalue weighted by molar-refractivity contribution is 6.37. The maximum atomic E-state index is 12.4. The predicted molar refractivity (Wildman–Crippen MR) is 64.7 cm³/mol. The number of halogens is 6. The number of anilines is 1. The summed E-state index contributed by atoms with van der Waals surface area (Å²) in [4.78, 5) is 0. The number of benzene rings is 1. The van der Waals surface area contributed by atoms with Gasteiger partial charge in [0.15, 0.2) is 0 Å². The fourth-order valence-corrected chi connectivity index (χ4v) is 1.38. The van der Waals surface area contributed by atoms with Gasteiger partial charge < -0.3 is 5.32 Å². The minimum atomic E-state index is -4.41. The van der Waals surface area contributed by atoms with E-state index >= 15 is 0 Å². The average molecular weight is 305 g/mol. The lowest BCUT2D eigenvalue weighted by Crippen LogP contribution is -2.07. The van der Waals surface area contributed by atoms with Crippen LogP contribution in [0, 0.1) is 0 Å². The molecule has 1 aromatic rings. The molecule has 0 fully saturated rings. The number of nitrogens with one attached hydrogen (secondary N) is 1. The first-order valence-electron chi connectivity index (χ1n) is 4.40. The van der Waals surface area contributed by atoms with Gasteiger partial charge in [-0.2, -0.15) is 13.2 Å². The zero-order chi connectivity index (χ0) is 13.1. The van der Waals surface area contributed by atoms with Crippen LogP contribution in [0.5, 0.6) is 0 Å². The quantitative estimate of drug-likeness (QED) is 0.820. The number of hydrogen-bond donors (Lipinski definition) is 1. The lowest BCUT2D eigenvalue weighted by Gasteiger charge is -2.11. The molecule has 94 valence electrons. The molecule has 0 amide bonds. The molecule has 0 saturated carbocycles. The summed E-state index contributed by atoms with van der Waals surface area (Å²) >= 11 is 16.7. The van der Waals surface area contributed by atoms with E-state index in [1.54, 1.807) is 0 Å². The molecule has 1 aromatic carbocycles. The van der Waals surface area contributed by atoms with Crippen LogP contribution in [0.25, 0.3) is 0 Å². The average Bonchev–Trinajstić information content (AvgIpc) is 2.26. The Bertz CT molecular complexity index is 429. The predicted octanol–water partition coefficient (Wildman–Crippen LogP) is 5.09. The monoisotopic (exact) mass is 303 g/mol. The van der Waals surface area contributed by atoms with Crippen LogP contribution in [-0.4, -0.2) is 6.54 Å². The third-order valence-electron chi connectivity index (χ3n) is 1.86. The molecule has 17 heavy (non-hydrogen) atoms. The van der Waals surface area contributed by atoms with Crippen molar-refractivity contribution in [1.82, 2.24) is 0 Å². The van der Waals surface area contributed by atoms with Crippen LogP contribution in [0.2, 0.25) is 5.02 Å². The number of hydrogen-bond acceptors (Lipinski definition) is 1. The molecule has 1 nitrogen and oxygen atoms in total. The molecule has 0 unspecified atom stereocenters. The largest absolute Gasteiger partial charge is 0.416 e. The molecule has 0 radical (unpaired) electrons. The molecule has 0 saturated heterocycles. The summed E-state index contributed by atoms with van der Waals surface area (Å²) in [5, 5.41) is 3.10. The van der Waals surface area contributed by atoms with E-state index in [2.05, 4.69) is 5.32 Å². The minimum absolute atomic E-state index is 0.103. The van der Waals surface area contributed by atoms with Crippen molar-refractivity contribution in [3.63, 3.8) is 0 Å². The van der Waals surface area contributed by atoms with Crippen LogP contribution in [0.15, 0.2) is 28.8 Å². The smallest absolute Gasteiger partial charge is 0.379 e. The van der Waals surface area contributed by atoms with Gasteiger partial charge in [-0.3, -0.25) is 0 Å². The van der Waals surface area contributed by atoms with Gasteiger partial charge in [-0.15, -0.1) is 0 Å². The third kappa shape index (κ3) is 4.30. The Morgan fingerprint density at radius 2 is 2.00 bits per heavy atom. The molecule has 0 aliphatic heterocycles. The lowest BCUT2D eigenvalue weighted by molar-refractivity contribution is -0.137. The van der Waals surface area contributed by atoms with Gasteiger partial charge in [-0.1, -0.05) is 34.8 Å². The molecule has 0 bridgehead atoms. The van der Waals surface area contributed by atoms with Crippen molar-refractivity contribution >= 4 is 40.5 Å². The first kappa shape index (κ1) is 14.5. The number of rotatable bonds is 3. The molecule has 1 rings (SSSR count). The van der Waals surface area contributed by atoms with Crippen LogP contribution in [-0.2, 0) is 6.18 Å². The Labute approximate surface area is 111 Å². The van der Waals surface area contributed by atoms with E-state index in [1.165, 1.54) is 6.07 Å². The van der Waals surface area contributed by atoms with Crippen molar-refractivity contribution in [2.24, 2.45) is 0 Å². The summed E-state index contributed by atoms with van der Waals surface area (Å²) in [6, 6.07) is 3.00.